The third-order valence-electron chi connectivity index (χ3n) is 3.93. The van der Waals surface area contributed by atoms with Crippen molar-refractivity contribution in [2.75, 3.05) is 6.54 Å². The minimum absolute atomic E-state index is 0.659. The highest BCUT2D eigenvalue weighted by Crippen LogP contribution is 2.26. The minimum Gasteiger partial charge on any atom is -0.312 e. The van der Waals surface area contributed by atoms with Gasteiger partial charge < -0.3 is 5.32 Å². The quantitative estimate of drug-likeness (QED) is 0.850. The number of rotatable bonds is 5. The highest BCUT2D eigenvalue weighted by Gasteiger charge is 2.19. The molecular formula is C14H25N3. The van der Waals surface area contributed by atoms with Gasteiger partial charge in [0, 0.05) is 18.8 Å². The van der Waals surface area contributed by atoms with Crippen molar-refractivity contribution in [2.45, 2.75) is 58.5 Å². The predicted octanol–water partition coefficient (Wildman–Crippen LogP) is 2.75. The van der Waals surface area contributed by atoms with Crippen LogP contribution >= 0.6 is 0 Å². The molecule has 0 spiro atoms. The topological polar surface area (TPSA) is 29.9 Å². The molecule has 17 heavy (non-hydrogen) atoms. The Bertz CT molecular complexity index is 326. The molecule has 1 heterocycles. The SMILES string of the molecule is Cc1cnn(CCN[C@@H](C)C2CCCCC2)c1. The van der Waals surface area contributed by atoms with Gasteiger partial charge in [0.2, 0.25) is 0 Å². The van der Waals surface area contributed by atoms with Gasteiger partial charge >= 0.3 is 0 Å². The van der Waals surface area contributed by atoms with Gasteiger partial charge in [-0.1, -0.05) is 19.3 Å². The minimum atomic E-state index is 0.659. The molecule has 1 aromatic rings. The van der Waals surface area contributed by atoms with E-state index in [2.05, 4.69) is 30.5 Å². The van der Waals surface area contributed by atoms with E-state index < -0.39 is 0 Å². The Kier molecular flexibility index (Phi) is 4.60. The summed E-state index contributed by atoms with van der Waals surface area (Å²) in [4.78, 5) is 0. The summed E-state index contributed by atoms with van der Waals surface area (Å²) in [6.07, 6.45) is 11.1. The largest absolute Gasteiger partial charge is 0.312 e. The average Bonchev–Trinajstić information content (AvgIpc) is 2.76. The monoisotopic (exact) mass is 235 g/mol. The van der Waals surface area contributed by atoms with Gasteiger partial charge in [-0.3, -0.25) is 4.68 Å². The van der Waals surface area contributed by atoms with Gasteiger partial charge in [0.25, 0.3) is 0 Å². The van der Waals surface area contributed by atoms with Crippen LogP contribution in [0.4, 0.5) is 0 Å². The first-order valence-corrected chi connectivity index (χ1v) is 6.98. The molecule has 2 rings (SSSR count). The Labute approximate surface area is 105 Å². The zero-order chi connectivity index (χ0) is 12.1. The first-order chi connectivity index (χ1) is 8.25. The number of aromatic nitrogens is 2. The molecule has 0 unspecified atom stereocenters. The van der Waals surface area contributed by atoms with Crippen molar-refractivity contribution in [1.82, 2.24) is 15.1 Å². The van der Waals surface area contributed by atoms with Gasteiger partial charge in [0.15, 0.2) is 0 Å². The van der Waals surface area contributed by atoms with Crippen molar-refractivity contribution in [3.8, 4) is 0 Å². The summed E-state index contributed by atoms with van der Waals surface area (Å²) in [6, 6.07) is 0.659. The molecule has 3 nitrogen and oxygen atoms in total. The lowest BCUT2D eigenvalue weighted by Gasteiger charge is -2.28. The summed E-state index contributed by atoms with van der Waals surface area (Å²) in [5, 5.41) is 7.95. The second-order valence-electron chi connectivity index (χ2n) is 5.42. The van der Waals surface area contributed by atoms with Gasteiger partial charge in [0.1, 0.15) is 0 Å². The van der Waals surface area contributed by atoms with E-state index in [0.717, 1.165) is 19.0 Å². The van der Waals surface area contributed by atoms with Crippen LogP contribution in [-0.2, 0) is 6.54 Å². The Balaban J connectivity index is 1.67. The van der Waals surface area contributed by atoms with Crippen LogP contribution in [-0.4, -0.2) is 22.4 Å². The highest BCUT2D eigenvalue weighted by molar-refractivity contribution is 4.99. The van der Waals surface area contributed by atoms with Crippen LogP contribution in [0.25, 0.3) is 0 Å². The highest BCUT2D eigenvalue weighted by atomic mass is 15.3. The molecular weight excluding hydrogens is 210 g/mol. The Hall–Kier alpha value is -0.830. The van der Waals surface area contributed by atoms with Gasteiger partial charge in [-0.15, -0.1) is 0 Å². The van der Waals surface area contributed by atoms with Crippen molar-refractivity contribution in [3.05, 3.63) is 18.0 Å². The molecule has 1 aromatic heterocycles. The van der Waals surface area contributed by atoms with Crippen LogP contribution in [0.2, 0.25) is 0 Å². The zero-order valence-corrected chi connectivity index (χ0v) is 11.2. The molecule has 1 aliphatic rings. The molecule has 0 aliphatic heterocycles. The fraction of sp³-hybridized carbons (Fsp3) is 0.786. The Morgan fingerprint density at radius 1 is 1.41 bits per heavy atom. The van der Waals surface area contributed by atoms with Gasteiger partial charge in [0.05, 0.1) is 12.7 Å². The van der Waals surface area contributed by atoms with Crippen LogP contribution in [0, 0.1) is 12.8 Å². The maximum Gasteiger partial charge on any atom is 0.0534 e. The summed E-state index contributed by atoms with van der Waals surface area (Å²) in [6.45, 7) is 6.43. The van der Waals surface area contributed by atoms with E-state index >= 15 is 0 Å². The van der Waals surface area contributed by atoms with Crippen LogP contribution in [0.3, 0.4) is 0 Å². The molecule has 1 fully saturated rings. The molecule has 0 aromatic carbocycles. The first-order valence-electron chi connectivity index (χ1n) is 6.98. The van der Waals surface area contributed by atoms with E-state index in [9.17, 15) is 0 Å². The third-order valence-corrected chi connectivity index (χ3v) is 3.93. The fourth-order valence-corrected chi connectivity index (χ4v) is 2.80. The molecule has 0 amide bonds. The standard InChI is InChI=1S/C14H25N3/c1-12-10-16-17(11-12)9-8-15-13(2)14-6-4-3-5-7-14/h10-11,13-15H,3-9H2,1-2H3/t13-/m0/s1. The number of nitrogens with one attached hydrogen (secondary N) is 1. The smallest absolute Gasteiger partial charge is 0.0534 e. The molecule has 0 saturated heterocycles. The van der Waals surface area contributed by atoms with Gasteiger partial charge in [-0.25, -0.2) is 0 Å². The molecule has 0 bridgehead atoms. The lowest BCUT2D eigenvalue weighted by molar-refractivity contribution is 0.279. The predicted molar refractivity (Wildman–Crippen MR) is 71.0 cm³/mol. The second kappa shape index (κ2) is 6.20. The van der Waals surface area contributed by atoms with E-state index in [1.54, 1.807) is 0 Å². The summed E-state index contributed by atoms with van der Waals surface area (Å²) in [5.74, 6) is 0.892. The zero-order valence-electron chi connectivity index (χ0n) is 11.2. The van der Waals surface area contributed by atoms with E-state index in [4.69, 9.17) is 0 Å². The molecule has 0 radical (unpaired) electrons. The summed E-state index contributed by atoms with van der Waals surface area (Å²) >= 11 is 0. The second-order valence-corrected chi connectivity index (χ2v) is 5.42. The van der Waals surface area contributed by atoms with Crippen molar-refractivity contribution in [1.29, 1.82) is 0 Å². The van der Waals surface area contributed by atoms with Crippen LogP contribution < -0.4 is 5.32 Å². The Morgan fingerprint density at radius 3 is 2.82 bits per heavy atom. The number of nitrogens with zero attached hydrogens (tertiary/aromatic N) is 2. The molecule has 3 heteroatoms. The van der Waals surface area contributed by atoms with E-state index in [1.807, 2.05) is 10.9 Å². The van der Waals surface area contributed by atoms with Crippen molar-refractivity contribution < 1.29 is 0 Å². The number of hydrogen-bond donors (Lipinski definition) is 1. The summed E-state index contributed by atoms with van der Waals surface area (Å²) in [5.41, 5.74) is 1.24. The molecule has 1 aliphatic carbocycles. The summed E-state index contributed by atoms with van der Waals surface area (Å²) in [7, 11) is 0. The maximum atomic E-state index is 4.30. The molecule has 96 valence electrons. The van der Waals surface area contributed by atoms with E-state index in [-0.39, 0.29) is 0 Å². The molecule has 1 saturated carbocycles. The average molecular weight is 235 g/mol. The molecule has 1 N–H and O–H groups in total. The normalized spacial score (nSPS) is 19.4. The van der Waals surface area contributed by atoms with E-state index in [1.165, 1.54) is 37.7 Å². The fourth-order valence-electron chi connectivity index (χ4n) is 2.80. The Morgan fingerprint density at radius 2 is 2.18 bits per heavy atom. The van der Waals surface area contributed by atoms with Crippen molar-refractivity contribution in [3.63, 3.8) is 0 Å². The maximum absolute atomic E-state index is 4.30. The van der Waals surface area contributed by atoms with Crippen LogP contribution in [0.5, 0.6) is 0 Å². The van der Waals surface area contributed by atoms with Gasteiger partial charge in [-0.2, -0.15) is 5.10 Å². The van der Waals surface area contributed by atoms with Crippen LogP contribution in [0.1, 0.15) is 44.6 Å². The lowest BCUT2D eigenvalue weighted by Crippen LogP contribution is -2.36. The first kappa shape index (κ1) is 12.6. The summed E-state index contributed by atoms with van der Waals surface area (Å²) < 4.78 is 2.02. The number of hydrogen-bond acceptors (Lipinski definition) is 2. The van der Waals surface area contributed by atoms with Crippen molar-refractivity contribution in [2.24, 2.45) is 5.92 Å². The lowest BCUT2D eigenvalue weighted by atomic mass is 9.84. The van der Waals surface area contributed by atoms with E-state index in [0.29, 0.717) is 6.04 Å². The molecule has 1 atom stereocenters. The van der Waals surface area contributed by atoms with Gasteiger partial charge in [-0.05, 0) is 38.2 Å². The number of aryl methyl sites for hydroxylation is 1. The van der Waals surface area contributed by atoms with Crippen LogP contribution in [0.15, 0.2) is 12.4 Å². The van der Waals surface area contributed by atoms with Crippen molar-refractivity contribution >= 4 is 0 Å². The third kappa shape index (κ3) is 3.84.